The van der Waals surface area contributed by atoms with Crippen molar-refractivity contribution >= 4 is 42.5 Å². The summed E-state index contributed by atoms with van der Waals surface area (Å²) in [6.07, 6.45) is 0. The van der Waals surface area contributed by atoms with Crippen LogP contribution in [0.5, 0.6) is 0 Å². The Labute approximate surface area is 240 Å². The van der Waals surface area contributed by atoms with E-state index in [2.05, 4.69) is 72.8 Å². The predicted octanol–water partition coefficient (Wildman–Crippen LogP) is 9.46. The molecule has 0 N–H and O–H groups in total. The van der Waals surface area contributed by atoms with Gasteiger partial charge < -0.3 is 0 Å². The molecule has 0 bridgehead atoms. The lowest BCUT2D eigenvalue weighted by Crippen LogP contribution is -2.01. The molecule has 0 spiro atoms. The molecule has 5 aromatic carbocycles. The van der Waals surface area contributed by atoms with E-state index in [1.165, 1.54) is 10.1 Å². The standard InChI is InChI=1S/C36H22N4S/c1-3-13-23(14-4-1)34-38-35(24-15-5-2-6-16-24)40-36(39-34)26-18-8-7-17-25(26)31-27-19-9-11-21-29(27)37-32-28-20-10-12-22-30(28)41-33(31)32/h1-22H. The zero-order valence-electron chi connectivity index (χ0n) is 21.9. The van der Waals surface area contributed by atoms with Crippen LogP contribution < -0.4 is 0 Å². The molecule has 0 radical (unpaired) electrons. The lowest BCUT2D eigenvalue weighted by molar-refractivity contribution is 1.07. The summed E-state index contributed by atoms with van der Waals surface area (Å²) in [5.74, 6) is 1.94. The molecular formula is C36H22N4S. The zero-order valence-corrected chi connectivity index (χ0v) is 22.7. The van der Waals surface area contributed by atoms with Gasteiger partial charge in [-0.25, -0.2) is 19.9 Å². The van der Waals surface area contributed by atoms with Crippen molar-refractivity contribution in [2.24, 2.45) is 0 Å². The molecule has 192 valence electrons. The van der Waals surface area contributed by atoms with E-state index < -0.39 is 0 Å². The molecule has 3 aromatic heterocycles. The van der Waals surface area contributed by atoms with Gasteiger partial charge in [0.2, 0.25) is 0 Å². The van der Waals surface area contributed by atoms with Crippen LogP contribution in [0.4, 0.5) is 0 Å². The molecule has 0 fully saturated rings. The van der Waals surface area contributed by atoms with Crippen LogP contribution in [-0.4, -0.2) is 19.9 Å². The maximum Gasteiger partial charge on any atom is 0.164 e. The molecule has 0 saturated heterocycles. The summed E-state index contributed by atoms with van der Waals surface area (Å²) in [6.45, 7) is 0. The highest BCUT2D eigenvalue weighted by Crippen LogP contribution is 2.45. The Hall–Kier alpha value is -5.26. The SMILES string of the molecule is c1ccc(-c2nc(-c3ccccc3)nc(-c3ccccc3-c3c4ccccc4nc4c3sc3ccccc34)n2)cc1. The van der Waals surface area contributed by atoms with Gasteiger partial charge in [0.25, 0.3) is 0 Å². The Bertz CT molecular complexity index is 2150. The van der Waals surface area contributed by atoms with Crippen molar-refractivity contribution in [1.29, 1.82) is 0 Å². The summed E-state index contributed by atoms with van der Waals surface area (Å²) in [5, 5.41) is 2.29. The molecule has 0 amide bonds. The average molecular weight is 543 g/mol. The smallest absolute Gasteiger partial charge is 0.164 e. The summed E-state index contributed by atoms with van der Waals surface area (Å²) in [5.41, 5.74) is 7.09. The van der Waals surface area contributed by atoms with E-state index in [1.54, 1.807) is 11.3 Å². The summed E-state index contributed by atoms with van der Waals surface area (Å²) in [4.78, 5) is 20.1. The van der Waals surface area contributed by atoms with Crippen molar-refractivity contribution in [1.82, 2.24) is 19.9 Å². The first kappa shape index (κ1) is 23.6. The molecule has 8 aromatic rings. The normalized spacial score (nSPS) is 11.4. The van der Waals surface area contributed by atoms with E-state index >= 15 is 0 Å². The number of benzene rings is 5. The fraction of sp³-hybridized carbons (Fsp3) is 0. The molecule has 5 heteroatoms. The lowest BCUT2D eigenvalue weighted by Gasteiger charge is -2.14. The minimum Gasteiger partial charge on any atom is -0.246 e. The third-order valence-corrected chi connectivity index (χ3v) is 8.52. The first-order valence-electron chi connectivity index (χ1n) is 13.5. The number of para-hydroxylation sites is 1. The van der Waals surface area contributed by atoms with Crippen LogP contribution in [0.1, 0.15) is 0 Å². The highest BCUT2D eigenvalue weighted by atomic mass is 32.1. The number of fused-ring (bicyclic) bond motifs is 4. The molecule has 0 aliphatic heterocycles. The van der Waals surface area contributed by atoms with Gasteiger partial charge in [0.1, 0.15) is 0 Å². The fourth-order valence-corrected chi connectivity index (χ4v) is 6.65. The number of pyridine rings is 1. The van der Waals surface area contributed by atoms with Crippen LogP contribution in [0.25, 0.3) is 76.5 Å². The van der Waals surface area contributed by atoms with Gasteiger partial charge in [0, 0.05) is 37.7 Å². The van der Waals surface area contributed by atoms with Gasteiger partial charge in [0.15, 0.2) is 17.5 Å². The fourth-order valence-electron chi connectivity index (χ4n) is 5.43. The molecule has 41 heavy (non-hydrogen) atoms. The second kappa shape index (κ2) is 9.73. The highest BCUT2D eigenvalue weighted by molar-refractivity contribution is 7.26. The number of hydrogen-bond donors (Lipinski definition) is 0. The Morgan fingerprint density at radius 3 is 1.66 bits per heavy atom. The zero-order chi connectivity index (χ0) is 27.2. The third-order valence-electron chi connectivity index (χ3n) is 7.34. The van der Waals surface area contributed by atoms with Gasteiger partial charge in [-0.1, -0.05) is 121 Å². The van der Waals surface area contributed by atoms with E-state index in [1.807, 2.05) is 60.7 Å². The van der Waals surface area contributed by atoms with Crippen molar-refractivity contribution in [2.75, 3.05) is 0 Å². The van der Waals surface area contributed by atoms with E-state index in [9.17, 15) is 0 Å². The molecule has 0 aliphatic rings. The van der Waals surface area contributed by atoms with Crippen molar-refractivity contribution in [3.63, 3.8) is 0 Å². The van der Waals surface area contributed by atoms with Crippen LogP contribution in [-0.2, 0) is 0 Å². The summed E-state index contributed by atoms with van der Waals surface area (Å²) < 4.78 is 2.39. The van der Waals surface area contributed by atoms with E-state index in [-0.39, 0.29) is 0 Å². The molecule has 0 atom stereocenters. The van der Waals surface area contributed by atoms with Gasteiger partial charge in [-0.2, -0.15) is 0 Å². The predicted molar refractivity (Wildman–Crippen MR) is 170 cm³/mol. The number of aromatic nitrogens is 4. The topological polar surface area (TPSA) is 51.6 Å². The molecular weight excluding hydrogens is 520 g/mol. The largest absolute Gasteiger partial charge is 0.246 e. The summed E-state index contributed by atoms with van der Waals surface area (Å²) in [6, 6.07) is 45.5. The van der Waals surface area contributed by atoms with Crippen molar-refractivity contribution in [3.8, 4) is 45.3 Å². The Kier molecular flexibility index (Phi) is 5.61. The lowest BCUT2D eigenvalue weighted by atomic mass is 9.95. The van der Waals surface area contributed by atoms with Gasteiger partial charge in [-0.15, -0.1) is 11.3 Å². The van der Waals surface area contributed by atoms with Gasteiger partial charge in [-0.05, 0) is 17.7 Å². The van der Waals surface area contributed by atoms with Crippen LogP contribution >= 0.6 is 11.3 Å². The van der Waals surface area contributed by atoms with Gasteiger partial charge >= 0.3 is 0 Å². The number of rotatable bonds is 4. The maximum absolute atomic E-state index is 5.13. The molecule has 0 unspecified atom stereocenters. The minimum atomic E-state index is 0.642. The van der Waals surface area contributed by atoms with Gasteiger partial charge in [0.05, 0.1) is 15.7 Å². The van der Waals surface area contributed by atoms with Crippen molar-refractivity contribution < 1.29 is 0 Å². The molecule has 0 saturated carbocycles. The van der Waals surface area contributed by atoms with Crippen LogP contribution in [0.3, 0.4) is 0 Å². The van der Waals surface area contributed by atoms with E-state index in [0.29, 0.717) is 17.5 Å². The first-order chi connectivity index (χ1) is 20.3. The van der Waals surface area contributed by atoms with Crippen LogP contribution in [0, 0.1) is 0 Å². The van der Waals surface area contributed by atoms with Gasteiger partial charge in [-0.3, -0.25) is 0 Å². The van der Waals surface area contributed by atoms with Crippen LogP contribution in [0.15, 0.2) is 133 Å². The monoisotopic (exact) mass is 542 g/mol. The summed E-state index contributed by atoms with van der Waals surface area (Å²) in [7, 11) is 0. The molecule has 8 rings (SSSR count). The third kappa shape index (κ3) is 4.06. The first-order valence-corrected chi connectivity index (χ1v) is 14.3. The summed E-state index contributed by atoms with van der Waals surface area (Å²) >= 11 is 1.79. The quantitative estimate of drug-likeness (QED) is 0.222. The molecule has 3 heterocycles. The Morgan fingerprint density at radius 1 is 0.415 bits per heavy atom. The average Bonchev–Trinajstić information content (AvgIpc) is 3.42. The Balaban J connectivity index is 1.44. The highest BCUT2D eigenvalue weighted by Gasteiger charge is 2.20. The minimum absolute atomic E-state index is 0.642. The van der Waals surface area contributed by atoms with E-state index in [0.717, 1.165) is 48.9 Å². The molecule has 4 nitrogen and oxygen atoms in total. The van der Waals surface area contributed by atoms with Crippen LogP contribution in [0.2, 0.25) is 0 Å². The number of nitrogens with zero attached hydrogens (tertiary/aromatic N) is 4. The van der Waals surface area contributed by atoms with E-state index in [4.69, 9.17) is 19.9 Å². The number of thiophene rings is 1. The Morgan fingerprint density at radius 2 is 0.951 bits per heavy atom. The van der Waals surface area contributed by atoms with Crippen molar-refractivity contribution in [2.45, 2.75) is 0 Å². The van der Waals surface area contributed by atoms with Crippen molar-refractivity contribution in [3.05, 3.63) is 133 Å². The second-order valence-electron chi connectivity index (χ2n) is 9.86. The molecule has 0 aliphatic carbocycles. The second-order valence-corrected chi connectivity index (χ2v) is 10.9. The number of hydrogen-bond acceptors (Lipinski definition) is 5. The maximum atomic E-state index is 5.13.